The van der Waals surface area contributed by atoms with Gasteiger partial charge < -0.3 is 0 Å². The molecule has 3 amide bonds. The number of nitrogens with zero attached hydrogens (tertiary/aromatic N) is 5. The van der Waals surface area contributed by atoms with E-state index in [1.165, 1.54) is 29.1 Å². The summed E-state index contributed by atoms with van der Waals surface area (Å²) in [6.07, 6.45) is 9.60. The van der Waals surface area contributed by atoms with Crippen LogP contribution in [0, 0.1) is 6.92 Å². The predicted octanol–water partition coefficient (Wildman–Crippen LogP) is 2.25. The summed E-state index contributed by atoms with van der Waals surface area (Å²) in [5.74, 6) is 1.08. The number of imide groups is 1. The molecule has 0 spiro atoms. The molecule has 1 aliphatic carbocycles. The van der Waals surface area contributed by atoms with Crippen molar-refractivity contribution in [3.05, 3.63) is 24.5 Å². The van der Waals surface area contributed by atoms with Crippen molar-refractivity contribution in [1.82, 2.24) is 14.4 Å². The van der Waals surface area contributed by atoms with Gasteiger partial charge in [-0.2, -0.15) is 0 Å². The maximum absolute atomic E-state index is 12.9. The molecule has 132 valence electrons. The average Bonchev–Trinajstić information content (AvgIpc) is 3.12. The van der Waals surface area contributed by atoms with E-state index < -0.39 is 6.04 Å². The zero-order chi connectivity index (χ0) is 17.7. The third kappa shape index (κ3) is 2.25. The number of carbonyl (C=O) groups is 2. The SMILES string of the molecule is C=CCN1C(=O)C2C(=Nc3n(C4CCCCC4)c(C)c[n+]32)N(C)C1=O. The third-order valence-electron chi connectivity index (χ3n) is 5.50. The first-order valence-electron chi connectivity index (χ1n) is 8.96. The van der Waals surface area contributed by atoms with Gasteiger partial charge in [0.15, 0.2) is 0 Å². The van der Waals surface area contributed by atoms with Crippen LogP contribution in [0.5, 0.6) is 0 Å². The van der Waals surface area contributed by atoms with Crippen LogP contribution < -0.4 is 4.57 Å². The van der Waals surface area contributed by atoms with Gasteiger partial charge in [0.05, 0.1) is 6.04 Å². The Morgan fingerprint density at radius 2 is 2.04 bits per heavy atom. The third-order valence-corrected chi connectivity index (χ3v) is 5.50. The van der Waals surface area contributed by atoms with E-state index in [1.54, 1.807) is 13.1 Å². The van der Waals surface area contributed by atoms with Crippen molar-refractivity contribution in [3.63, 3.8) is 0 Å². The van der Waals surface area contributed by atoms with Crippen LogP contribution in [0.4, 0.5) is 10.7 Å². The van der Waals surface area contributed by atoms with Crippen molar-refractivity contribution in [2.45, 2.75) is 51.1 Å². The fourth-order valence-electron chi connectivity index (χ4n) is 4.29. The molecule has 1 aromatic heterocycles. The Kier molecular flexibility index (Phi) is 3.74. The Morgan fingerprint density at radius 1 is 1.32 bits per heavy atom. The van der Waals surface area contributed by atoms with Crippen molar-refractivity contribution in [2.24, 2.45) is 4.99 Å². The predicted molar refractivity (Wildman–Crippen MR) is 92.7 cm³/mol. The van der Waals surface area contributed by atoms with Gasteiger partial charge in [-0.3, -0.25) is 14.6 Å². The van der Waals surface area contributed by atoms with Crippen molar-refractivity contribution >= 4 is 23.7 Å². The molecule has 1 saturated carbocycles. The summed E-state index contributed by atoms with van der Waals surface area (Å²) < 4.78 is 4.19. The van der Waals surface area contributed by atoms with E-state index in [-0.39, 0.29) is 18.5 Å². The average molecular weight is 342 g/mol. The number of aryl methyl sites for hydroxylation is 1. The van der Waals surface area contributed by atoms with E-state index in [1.807, 2.05) is 10.8 Å². The molecule has 1 saturated heterocycles. The van der Waals surface area contributed by atoms with Crippen molar-refractivity contribution < 1.29 is 14.2 Å². The molecule has 0 N–H and O–H groups in total. The van der Waals surface area contributed by atoms with Crippen LogP contribution in [0.1, 0.15) is 49.9 Å². The van der Waals surface area contributed by atoms with Crippen LogP contribution in [0.15, 0.2) is 23.8 Å². The lowest BCUT2D eigenvalue weighted by Crippen LogP contribution is -2.62. The molecule has 2 aliphatic heterocycles. The highest BCUT2D eigenvalue weighted by atomic mass is 16.2. The van der Waals surface area contributed by atoms with Gasteiger partial charge in [-0.05, 0) is 32.6 Å². The minimum atomic E-state index is -0.554. The normalized spacial score (nSPS) is 23.6. The van der Waals surface area contributed by atoms with Gasteiger partial charge >= 0.3 is 12.0 Å². The van der Waals surface area contributed by atoms with Gasteiger partial charge in [0.25, 0.3) is 5.91 Å². The molecule has 7 nitrogen and oxygen atoms in total. The Labute approximate surface area is 147 Å². The number of urea groups is 1. The van der Waals surface area contributed by atoms with Crippen LogP contribution in [-0.2, 0) is 4.79 Å². The first kappa shape index (κ1) is 16.1. The summed E-state index contributed by atoms with van der Waals surface area (Å²) in [5.41, 5.74) is 1.12. The number of amidine groups is 1. The second-order valence-corrected chi connectivity index (χ2v) is 7.09. The number of hydrogen-bond donors (Lipinski definition) is 0. The highest BCUT2D eigenvalue weighted by molar-refractivity contribution is 6.19. The lowest BCUT2D eigenvalue weighted by Gasteiger charge is -2.32. The van der Waals surface area contributed by atoms with E-state index in [0.29, 0.717) is 11.9 Å². The van der Waals surface area contributed by atoms with Crippen LogP contribution >= 0.6 is 0 Å². The lowest BCUT2D eigenvalue weighted by atomic mass is 9.95. The minimum Gasteiger partial charge on any atom is -0.270 e. The minimum absolute atomic E-state index is 0.212. The fraction of sp³-hybridized carbons (Fsp3) is 0.556. The van der Waals surface area contributed by atoms with E-state index >= 15 is 0 Å². The number of fused-ring (bicyclic) bond motifs is 3. The molecule has 1 unspecified atom stereocenters. The van der Waals surface area contributed by atoms with Crippen LogP contribution in [0.25, 0.3) is 0 Å². The molecular weight excluding hydrogens is 318 g/mol. The Hall–Kier alpha value is -2.44. The van der Waals surface area contributed by atoms with Gasteiger partial charge in [0, 0.05) is 13.6 Å². The van der Waals surface area contributed by atoms with Gasteiger partial charge in [-0.15, -0.1) is 6.58 Å². The van der Waals surface area contributed by atoms with Crippen LogP contribution in [0.2, 0.25) is 0 Å². The highest BCUT2D eigenvalue weighted by Gasteiger charge is 2.53. The number of carbonyl (C=O) groups excluding carboxylic acids is 2. The number of hydrogen-bond acceptors (Lipinski definition) is 3. The smallest absolute Gasteiger partial charge is 0.270 e. The summed E-state index contributed by atoms with van der Waals surface area (Å²) in [5, 5.41) is 0. The molecule has 0 aromatic carbocycles. The number of imidazole rings is 1. The molecule has 7 heteroatoms. The molecule has 2 fully saturated rings. The zero-order valence-corrected chi connectivity index (χ0v) is 14.8. The van der Waals surface area contributed by atoms with Crippen LogP contribution in [-0.4, -0.2) is 45.7 Å². The monoisotopic (exact) mass is 342 g/mol. The molecule has 25 heavy (non-hydrogen) atoms. The second kappa shape index (κ2) is 5.82. The molecule has 1 aromatic rings. The molecule has 4 rings (SSSR count). The number of aromatic nitrogens is 2. The molecular formula is C18H24N5O2+. The first-order chi connectivity index (χ1) is 12.0. The van der Waals surface area contributed by atoms with Crippen molar-refractivity contribution in [2.75, 3.05) is 13.6 Å². The lowest BCUT2D eigenvalue weighted by molar-refractivity contribution is -0.677. The molecule has 0 bridgehead atoms. The number of amides is 3. The first-order valence-corrected chi connectivity index (χ1v) is 8.96. The quantitative estimate of drug-likeness (QED) is 0.625. The topological polar surface area (TPSA) is 61.8 Å². The van der Waals surface area contributed by atoms with Gasteiger partial charge in [-0.25, -0.2) is 13.9 Å². The maximum Gasteiger partial charge on any atom is 0.402 e. The Bertz CT molecular complexity index is 788. The van der Waals surface area contributed by atoms with Gasteiger partial charge in [-0.1, -0.05) is 17.5 Å². The zero-order valence-electron chi connectivity index (χ0n) is 14.8. The van der Waals surface area contributed by atoms with Crippen LogP contribution in [0.3, 0.4) is 0 Å². The van der Waals surface area contributed by atoms with Crippen molar-refractivity contribution in [3.8, 4) is 0 Å². The Balaban J connectivity index is 1.78. The largest absolute Gasteiger partial charge is 0.402 e. The van der Waals surface area contributed by atoms with E-state index in [2.05, 4.69) is 18.1 Å². The summed E-state index contributed by atoms with van der Waals surface area (Å²) >= 11 is 0. The Morgan fingerprint density at radius 3 is 2.72 bits per heavy atom. The summed E-state index contributed by atoms with van der Waals surface area (Å²) in [4.78, 5) is 32.9. The molecule has 3 aliphatic rings. The van der Waals surface area contributed by atoms with Gasteiger partial charge in [0.2, 0.25) is 11.9 Å². The number of aliphatic imine (C=N–C) groups is 1. The van der Waals surface area contributed by atoms with Gasteiger partial charge in [0.1, 0.15) is 11.9 Å². The summed E-state index contributed by atoms with van der Waals surface area (Å²) in [6, 6.07) is -0.470. The molecule has 1 atom stereocenters. The molecule has 3 heterocycles. The standard InChI is InChI=1S/C18H24N5O2/c1-4-10-21-16(24)14-15(20(3)18(21)25)19-17-22(14)11-12(2)23(17)13-8-6-5-7-9-13/h4,11,13-14H,1,5-10H2,2-3H3/q+1. The van der Waals surface area contributed by atoms with Crippen molar-refractivity contribution in [1.29, 1.82) is 0 Å². The van der Waals surface area contributed by atoms with E-state index in [9.17, 15) is 9.59 Å². The van der Waals surface area contributed by atoms with E-state index in [4.69, 9.17) is 4.99 Å². The number of rotatable bonds is 3. The second-order valence-electron chi connectivity index (χ2n) is 7.09. The highest BCUT2D eigenvalue weighted by Crippen LogP contribution is 2.36. The maximum atomic E-state index is 12.9. The summed E-state index contributed by atoms with van der Waals surface area (Å²) in [6.45, 7) is 5.93. The molecule has 0 radical (unpaired) electrons. The fourth-order valence-corrected chi connectivity index (χ4v) is 4.29. The number of likely N-dealkylation sites (N-methyl/N-ethyl adjacent to an activating group) is 1. The van der Waals surface area contributed by atoms with E-state index in [0.717, 1.165) is 24.5 Å². The summed E-state index contributed by atoms with van der Waals surface area (Å²) in [7, 11) is 1.68.